The van der Waals surface area contributed by atoms with Gasteiger partial charge in [-0.15, -0.1) is 0 Å². The van der Waals surface area contributed by atoms with Gasteiger partial charge in [-0.3, -0.25) is 9.36 Å². The van der Waals surface area contributed by atoms with Crippen LogP contribution in [-0.2, 0) is 9.47 Å². The number of carbonyl (C=O) groups is 2. The minimum Gasteiger partial charge on any atom is -0.462 e. The lowest BCUT2D eigenvalue weighted by molar-refractivity contribution is 0.0497. The Balaban J connectivity index is 1.68. The lowest BCUT2D eigenvalue weighted by Crippen LogP contribution is -2.19. The summed E-state index contributed by atoms with van der Waals surface area (Å²) in [6.45, 7) is 4.37. The van der Waals surface area contributed by atoms with Crippen molar-refractivity contribution in [3.8, 4) is 5.69 Å². The zero-order valence-electron chi connectivity index (χ0n) is 17.8. The van der Waals surface area contributed by atoms with E-state index in [1.54, 1.807) is 43.5 Å². The molecule has 3 aromatic heterocycles. The highest BCUT2D eigenvalue weighted by Crippen LogP contribution is 2.17. The number of ether oxygens (including phenoxy) is 2. The average molecular weight is 434 g/mol. The van der Waals surface area contributed by atoms with Crippen molar-refractivity contribution < 1.29 is 19.1 Å². The molecule has 0 aliphatic rings. The molecule has 3 heterocycles. The van der Waals surface area contributed by atoms with Crippen LogP contribution in [0.4, 0.5) is 0 Å². The third-order valence-corrected chi connectivity index (χ3v) is 5.00. The maximum atomic E-state index is 13.1. The predicted molar refractivity (Wildman–Crippen MR) is 117 cm³/mol. The van der Waals surface area contributed by atoms with E-state index in [2.05, 4.69) is 10.1 Å². The molecule has 0 amide bonds. The molecule has 0 aliphatic heterocycles. The maximum Gasteiger partial charge on any atom is 0.343 e. The van der Waals surface area contributed by atoms with Crippen molar-refractivity contribution in [2.24, 2.45) is 0 Å². The number of unbranched alkanes of at least 4 members (excludes halogenated alkanes) is 1. The van der Waals surface area contributed by atoms with Crippen LogP contribution < -0.4 is 5.56 Å². The Morgan fingerprint density at radius 1 is 1.00 bits per heavy atom. The molecule has 164 valence electrons. The number of aromatic nitrogens is 4. The van der Waals surface area contributed by atoms with Gasteiger partial charge in [0.15, 0.2) is 5.65 Å². The number of pyridine rings is 1. The molecule has 0 radical (unpaired) electrons. The summed E-state index contributed by atoms with van der Waals surface area (Å²) in [5.74, 6) is -0.908. The molecule has 32 heavy (non-hydrogen) atoms. The SMILES string of the molecule is CCCCOC(=O)c1ccc(-n2ccc3c(cnc4c(C(=O)OCC)cnn43)c2=O)cc1. The fourth-order valence-electron chi connectivity index (χ4n) is 3.32. The Morgan fingerprint density at radius 3 is 2.50 bits per heavy atom. The van der Waals surface area contributed by atoms with E-state index in [9.17, 15) is 14.4 Å². The summed E-state index contributed by atoms with van der Waals surface area (Å²) < 4.78 is 13.1. The molecule has 4 aromatic rings. The van der Waals surface area contributed by atoms with Crippen molar-refractivity contribution in [2.75, 3.05) is 13.2 Å². The molecule has 1 aromatic carbocycles. The molecule has 0 atom stereocenters. The lowest BCUT2D eigenvalue weighted by atomic mass is 10.2. The standard InChI is InChI=1S/C23H22N4O5/c1-3-5-12-32-22(29)15-6-8-16(9-7-15)26-11-10-19-17(21(26)28)13-24-20-18(14-25-27(19)20)23(30)31-4-2/h6-11,13-14H,3-5,12H2,1-2H3. The lowest BCUT2D eigenvalue weighted by Gasteiger charge is -2.09. The number of esters is 2. The molecular weight excluding hydrogens is 412 g/mol. The smallest absolute Gasteiger partial charge is 0.343 e. The number of nitrogens with zero attached hydrogens (tertiary/aromatic N) is 4. The summed E-state index contributed by atoms with van der Waals surface area (Å²) in [4.78, 5) is 41.6. The Kier molecular flexibility index (Phi) is 5.98. The molecule has 9 nitrogen and oxygen atoms in total. The van der Waals surface area contributed by atoms with E-state index in [-0.39, 0.29) is 17.7 Å². The van der Waals surface area contributed by atoms with Crippen LogP contribution in [0.25, 0.3) is 22.2 Å². The predicted octanol–water partition coefficient (Wildman–Crippen LogP) is 3.17. The van der Waals surface area contributed by atoms with Crippen LogP contribution in [0.5, 0.6) is 0 Å². The van der Waals surface area contributed by atoms with E-state index in [1.165, 1.54) is 21.5 Å². The third kappa shape index (κ3) is 3.84. The van der Waals surface area contributed by atoms with Crippen LogP contribution in [0.3, 0.4) is 0 Å². The van der Waals surface area contributed by atoms with Crippen LogP contribution in [0.2, 0.25) is 0 Å². The Morgan fingerprint density at radius 2 is 1.78 bits per heavy atom. The van der Waals surface area contributed by atoms with Gasteiger partial charge in [-0.1, -0.05) is 13.3 Å². The van der Waals surface area contributed by atoms with Crippen molar-refractivity contribution >= 4 is 28.5 Å². The van der Waals surface area contributed by atoms with Crippen LogP contribution in [0.1, 0.15) is 47.4 Å². The Bertz CT molecular complexity index is 1350. The van der Waals surface area contributed by atoms with Gasteiger partial charge in [-0.2, -0.15) is 5.10 Å². The van der Waals surface area contributed by atoms with Crippen molar-refractivity contribution in [3.05, 3.63) is 70.4 Å². The number of rotatable bonds is 7. The third-order valence-electron chi connectivity index (χ3n) is 5.00. The van der Waals surface area contributed by atoms with Gasteiger partial charge in [0.25, 0.3) is 5.56 Å². The van der Waals surface area contributed by atoms with Gasteiger partial charge in [0.2, 0.25) is 0 Å². The second-order valence-corrected chi connectivity index (χ2v) is 7.10. The van der Waals surface area contributed by atoms with Gasteiger partial charge in [0.1, 0.15) is 5.56 Å². The fourth-order valence-corrected chi connectivity index (χ4v) is 3.32. The molecule has 0 saturated heterocycles. The van der Waals surface area contributed by atoms with Gasteiger partial charge >= 0.3 is 11.9 Å². The molecule has 0 bridgehead atoms. The summed E-state index contributed by atoms with van der Waals surface area (Å²) in [5, 5.41) is 4.54. The van der Waals surface area contributed by atoms with Crippen molar-refractivity contribution in [1.29, 1.82) is 0 Å². The Hall–Kier alpha value is -4.01. The molecule has 0 aliphatic carbocycles. The fraction of sp³-hybridized carbons (Fsp3) is 0.261. The molecule has 9 heteroatoms. The first kappa shape index (κ1) is 21.2. The number of hydrogen-bond donors (Lipinski definition) is 0. The summed E-state index contributed by atoms with van der Waals surface area (Å²) in [5.41, 5.74) is 1.78. The zero-order chi connectivity index (χ0) is 22.7. The highest BCUT2D eigenvalue weighted by atomic mass is 16.5. The van der Waals surface area contributed by atoms with Gasteiger partial charge in [-0.25, -0.2) is 19.1 Å². The number of carbonyl (C=O) groups excluding carboxylic acids is 2. The first-order chi connectivity index (χ1) is 15.5. The first-order valence-electron chi connectivity index (χ1n) is 10.4. The largest absolute Gasteiger partial charge is 0.462 e. The van der Waals surface area contributed by atoms with E-state index in [0.29, 0.717) is 34.4 Å². The molecule has 0 spiro atoms. The van der Waals surface area contributed by atoms with Gasteiger partial charge in [0.05, 0.1) is 35.9 Å². The van der Waals surface area contributed by atoms with E-state index >= 15 is 0 Å². The topological polar surface area (TPSA) is 105 Å². The first-order valence-corrected chi connectivity index (χ1v) is 10.4. The van der Waals surface area contributed by atoms with Crippen molar-refractivity contribution in [2.45, 2.75) is 26.7 Å². The Labute approximate surface area is 183 Å². The van der Waals surface area contributed by atoms with Crippen LogP contribution in [0, 0.1) is 0 Å². The molecule has 0 saturated carbocycles. The van der Waals surface area contributed by atoms with Crippen LogP contribution >= 0.6 is 0 Å². The number of hydrogen-bond acceptors (Lipinski definition) is 7. The van der Waals surface area contributed by atoms with Gasteiger partial charge in [-0.05, 0) is 43.7 Å². The minimum absolute atomic E-state index is 0.236. The second-order valence-electron chi connectivity index (χ2n) is 7.10. The van der Waals surface area contributed by atoms with E-state index in [1.807, 2.05) is 6.92 Å². The van der Waals surface area contributed by atoms with Crippen LogP contribution in [-0.4, -0.2) is 44.3 Å². The molecular formula is C23H22N4O5. The average Bonchev–Trinajstić information content (AvgIpc) is 3.24. The highest BCUT2D eigenvalue weighted by Gasteiger charge is 2.18. The summed E-state index contributed by atoms with van der Waals surface area (Å²) in [6, 6.07) is 8.34. The van der Waals surface area contributed by atoms with E-state index < -0.39 is 11.9 Å². The monoisotopic (exact) mass is 434 g/mol. The maximum absolute atomic E-state index is 13.1. The molecule has 4 rings (SSSR count). The zero-order valence-corrected chi connectivity index (χ0v) is 17.8. The van der Waals surface area contributed by atoms with Crippen molar-refractivity contribution in [1.82, 2.24) is 19.2 Å². The van der Waals surface area contributed by atoms with E-state index in [4.69, 9.17) is 9.47 Å². The highest BCUT2D eigenvalue weighted by molar-refractivity contribution is 5.97. The van der Waals surface area contributed by atoms with Crippen LogP contribution in [0.15, 0.2) is 53.7 Å². The summed E-state index contributed by atoms with van der Waals surface area (Å²) in [7, 11) is 0. The van der Waals surface area contributed by atoms with E-state index in [0.717, 1.165) is 12.8 Å². The molecule has 0 unspecified atom stereocenters. The van der Waals surface area contributed by atoms with Gasteiger partial charge < -0.3 is 9.47 Å². The van der Waals surface area contributed by atoms with Gasteiger partial charge in [0, 0.05) is 18.1 Å². The summed E-state index contributed by atoms with van der Waals surface area (Å²) >= 11 is 0. The normalized spacial score (nSPS) is 11.1. The number of fused-ring (bicyclic) bond motifs is 3. The molecule has 0 fully saturated rings. The quantitative estimate of drug-likeness (QED) is 0.325. The molecule has 0 N–H and O–H groups in total. The number of benzene rings is 1. The second kappa shape index (κ2) is 9.01. The van der Waals surface area contributed by atoms with Crippen molar-refractivity contribution in [3.63, 3.8) is 0 Å². The summed E-state index contributed by atoms with van der Waals surface area (Å²) in [6.07, 6.45) is 6.18. The minimum atomic E-state index is -0.518.